The van der Waals surface area contributed by atoms with Crippen molar-refractivity contribution in [1.29, 1.82) is 5.26 Å². The third-order valence-corrected chi connectivity index (χ3v) is 2.99. The molecule has 1 saturated heterocycles. The second-order valence-electron chi connectivity index (χ2n) is 4.35. The van der Waals surface area contributed by atoms with Gasteiger partial charge in [-0.15, -0.1) is 0 Å². The van der Waals surface area contributed by atoms with Gasteiger partial charge in [-0.3, -0.25) is 5.01 Å². The zero-order chi connectivity index (χ0) is 11.9. The molecule has 0 bridgehead atoms. The molecule has 0 aromatic heterocycles. The standard InChI is InChI=1S/C14H17N3/c15-11-13-5-7-14(8-6-13)12-16-17-9-3-1-2-4-10-17/h5-8,12H,1-4,9-10H2/b16-12-. The quantitative estimate of drug-likeness (QED) is 0.729. The molecule has 0 N–H and O–H groups in total. The molecule has 2 rings (SSSR count). The molecule has 1 aliphatic rings. The van der Waals surface area contributed by atoms with Gasteiger partial charge in [0.05, 0.1) is 17.8 Å². The Bertz CT molecular complexity index is 406. The highest BCUT2D eigenvalue weighted by Gasteiger charge is 2.04. The number of hydrazone groups is 1. The Kier molecular flexibility index (Phi) is 4.15. The first kappa shape index (κ1) is 11.7. The lowest BCUT2D eigenvalue weighted by molar-refractivity contribution is 0.302. The molecule has 0 radical (unpaired) electrons. The van der Waals surface area contributed by atoms with Crippen LogP contribution in [0.4, 0.5) is 0 Å². The van der Waals surface area contributed by atoms with Gasteiger partial charge in [-0.1, -0.05) is 25.0 Å². The van der Waals surface area contributed by atoms with Gasteiger partial charge < -0.3 is 0 Å². The van der Waals surface area contributed by atoms with E-state index in [1.165, 1.54) is 25.7 Å². The molecule has 17 heavy (non-hydrogen) atoms. The maximum Gasteiger partial charge on any atom is 0.0991 e. The summed E-state index contributed by atoms with van der Waals surface area (Å²) in [4.78, 5) is 0. The minimum atomic E-state index is 0.692. The van der Waals surface area contributed by atoms with Gasteiger partial charge in [0, 0.05) is 13.1 Å². The summed E-state index contributed by atoms with van der Waals surface area (Å²) in [6.45, 7) is 2.12. The predicted molar refractivity (Wildman–Crippen MR) is 68.8 cm³/mol. The highest BCUT2D eigenvalue weighted by Crippen LogP contribution is 2.09. The molecule has 1 aliphatic heterocycles. The Balaban J connectivity index is 1.96. The SMILES string of the molecule is N#Cc1ccc(/C=N\N2CCCCCC2)cc1. The van der Waals surface area contributed by atoms with Crippen molar-refractivity contribution in [1.82, 2.24) is 5.01 Å². The molecule has 3 nitrogen and oxygen atoms in total. The van der Waals surface area contributed by atoms with Crippen LogP contribution in [-0.2, 0) is 0 Å². The van der Waals surface area contributed by atoms with Crippen LogP contribution in [0.2, 0.25) is 0 Å². The monoisotopic (exact) mass is 227 g/mol. The van der Waals surface area contributed by atoms with Crippen LogP contribution >= 0.6 is 0 Å². The molecule has 1 fully saturated rings. The van der Waals surface area contributed by atoms with E-state index in [0.717, 1.165) is 18.7 Å². The minimum Gasteiger partial charge on any atom is -0.297 e. The van der Waals surface area contributed by atoms with Crippen LogP contribution in [0, 0.1) is 11.3 Å². The van der Waals surface area contributed by atoms with E-state index >= 15 is 0 Å². The van der Waals surface area contributed by atoms with Gasteiger partial charge in [-0.2, -0.15) is 10.4 Å². The van der Waals surface area contributed by atoms with Gasteiger partial charge in [-0.25, -0.2) is 0 Å². The zero-order valence-corrected chi connectivity index (χ0v) is 9.97. The lowest BCUT2D eigenvalue weighted by Gasteiger charge is -2.15. The lowest BCUT2D eigenvalue weighted by Crippen LogP contribution is -2.18. The van der Waals surface area contributed by atoms with Crippen molar-refractivity contribution in [3.8, 4) is 6.07 Å². The Morgan fingerprint density at radius 2 is 1.71 bits per heavy atom. The maximum absolute atomic E-state index is 8.70. The summed E-state index contributed by atoms with van der Waals surface area (Å²) < 4.78 is 0. The van der Waals surface area contributed by atoms with E-state index in [4.69, 9.17) is 5.26 Å². The van der Waals surface area contributed by atoms with Gasteiger partial charge in [0.2, 0.25) is 0 Å². The van der Waals surface area contributed by atoms with Crippen molar-refractivity contribution in [3.05, 3.63) is 35.4 Å². The van der Waals surface area contributed by atoms with Crippen molar-refractivity contribution in [2.75, 3.05) is 13.1 Å². The summed E-state index contributed by atoms with van der Waals surface area (Å²) in [5, 5.41) is 15.3. The van der Waals surface area contributed by atoms with E-state index in [2.05, 4.69) is 16.2 Å². The fraction of sp³-hybridized carbons (Fsp3) is 0.429. The average molecular weight is 227 g/mol. The topological polar surface area (TPSA) is 39.4 Å². The second-order valence-corrected chi connectivity index (χ2v) is 4.35. The minimum absolute atomic E-state index is 0.692. The molecule has 1 aromatic rings. The highest BCUT2D eigenvalue weighted by molar-refractivity contribution is 5.79. The molecule has 0 unspecified atom stereocenters. The third kappa shape index (κ3) is 3.60. The first-order chi connectivity index (χ1) is 8.38. The van der Waals surface area contributed by atoms with Gasteiger partial charge in [0.1, 0.15) is 0 Å². The van der Waals surface area contributed by atoms with Crippen LogP contribution in [0.15, 0.2) is 29.4 Å². The van der Waals surface area contributed by atoms with Crippen LogP contribution in [0.25, 0.3) is 0 Å². The largest absolute Gasteiger partial charge is 0.297 e. The van der Waals surface area contributed by atoms with Crippen molar-refractivity contribution in [2.45, 2.75) is 25.7 Å². The van der Waals surface area contributed by atoms with Crippen molar-refractivity contribution < 1.29 is 0 Å². The maximum atomic E-state index is 8.70. The second kappa shape index (κ2) is 6.05. The van der Waals surface area contributed by atoms with E-state index in [1.807, 2.05) is 30.5 Å². The molecule has 0 amide bonds. The van der Waals surface area contributed by atoms with Crippen LogP contribution < -0.4 is 0 Å². The predicted octanol–water partition coefficient (Wildman–Crippen LogP) is 2.77. The van der Waals surface area contributed by atoms with Gasteiger partial charge in [0.25, 0.3) is 0 Å². The molecule has 0 atom stereocenters. The smallest absolute Gasteiger partial charge is 0.0991 e. The summed E-state index contributed by atoms with van der Waals surface area (Å²) in [6, 6.07) is 9.62. The van der Waals surface area contributed by atoms with E-state index in [0.29, 0.717) is 5.56 Å². The Hall–Kier alpha value is -1.82. The summed E-state index contributed by atoms with van der Waals surface area (Å²) in [5.41, 5.74) is 1.74. The van der Waals surface area contributed by atoms with Gasteiger partial charge >= 0.3 is 0 Å². The number of benzene rings is 1. The number of hydrogen-bond acceptors (Lipinski definition) is 3. The third-order valence-electron chi connectivity index (χ3n) is 2.99. The van der Waals surface area contributed by atoms with Crippen molar-refractivity contribution in [3.63, 3.8) is 0 Å². The lowest BCUT2D eigenvalue weighted by atomic mass is 10.2. The van der Waals surface area contributed by atoms with Crippen molar-refractivity contribution in [2.24, 2.45) is 5.10 Å². The Labute approximate surface area is 102 Å². The van der Waals surface area contributed by atoms with E-state index < -0.39 is 0 Å². The van der Waals surface area contributed by atoms with Crippen LogP contribution in [-0.4, -0.2) is 24.3 Å². The summed E-state index contributed by atoms with van der Waals surface area (Å²) in [7, 11) is 0. The Morgan fingerprint density at radius 1 is 1.06 bits per heavy atom. The van der Waals surface area contributed by atoms with Crippen LogP contribution in [0.1, 0.15) is 36.8 Å². The fourth-order valence-corrected chi connectivity index (χ4v) is 1.96. The average Bonchev–Trinajstić information content (AvgIpc) is 2.65. The molecule has 88 valence electrons. The van der Waals surface area contributed by atoms with E-state index in [-0.39, 0.29) is 0 Å². The molecule has 1 heterocycles. The molecule has 3 heteroatoms. The highest BCUT2D eigenvalue weighted by atomic mass is 15.4. The zero-order valence-electron chi connectivity index (χ0n) is 9.97. The Morgan fingerprint density at radius 3 is 2.29 bits per heavy atom. The molecule has 0 spiro atoms. The number of rotatable bonds is 2. The van der Waals surface area contributed by atoms with Gasteiger partial charge in [-0.05, 0) is 30.5 Å². The van der Waals surface area contributed by atoms with E-state index in [1.54, 1.807) is 0 Å². The molecule has 0 saturated carbocycles. The normalized spacial score (nSPS) is 16.8. The van der Waals surface area contributed by atoms with Gasteiger partial charge in [0.15, 0.2) is 0 Å². The number of nitrogens with zero attached hydrogens (tertiary/aromatic N) is 3. The summed E-state index contributed by atoms with van der Waals surface area (Å²) in [6.07, 6.45) is 7.01. The summed E-state index contributed by atoms with van der Waals surface area (Å²) in [5.74, 6) is 0. The number of nitriles is 1. The van der Waals surface area contributed by atoms with Crippen LogP contribution in [0.3, 0.4) is 0 Å². The molecular formula is C14H17N3. The fourth-order valence-electron chi connectivity index (χ4n) is 1.96. The summed E-state index contributed by atoms with van der Waals surface area (Å²) >= 11 is 0. The first-order valence-electron chi connectivity index (χ1n) is 6.17. The molecular weight excluding hydrogens is 210 g/mol. The first-order valence-corrected chi connectivity index (χ1v) is 6.17. The van der Waals surface area contributed by atoms with Crippen LogP contribution in [0.5, 0.6) is 0 Å². The molecule has 0 aliphatic carbocycles. The number of hydrogen-bond donors (Lipinski definition) is 0. The van der Waals surface area contributed by atoms with Crippen molar-refractivity contribution >= 4 is 6.21 Å². The molecule has 1 aromatic carbocycles. The van der Waals surface area contributed by atoms with E-state index in [9.17, 15) is 0 Å².